The molecule has 1 aliphatic rings. The molecule has 0 aromatic carbocycles. The Bertz CT molecular complexity index is 463. The molecule has 1 aromatic heterocycles. The van der Waals surface area contributed by atoms with Crippen LogP contribution < -0.4 is 0 Å². The highest BCUT2D eigenvalue weighted by Gasteiger charge is 2.45. The van der Waals surface area contributed by atoms with Crippen molar-refractivity contribution in [3.8, 4) is 0 Å². The molecule has 0 saturated heterocycles. The van der Waals surface area contributed by atoms with E-state index in [9.17, 15) is 4.79 Å². The number of carbonyl (C=O) groups is 1. The predicted octanol–water partition coefficient (Wildman–Crippen LogP) is 2.24. The molecule has 1 heterocycles. The molecule has 1 fully saturated rings. The molecule has 1 saturated carbocycles. The minimum atomic E-state index is -0.280. The number of methoxy groups -OCH3 is 1. The fraction of sp³-hybridized carbons (Fsp3) is 0.733. The van der Waals surface area contributed by atoms with Gasteiger partial charge in [-0.25, -0.2) is 0 Å². The van der Waals surface area contributed by atoms with Crippen LogP contribution in [0, 0.1) is 5.41 Å². The van der Waals surface area contributed by atoms with Gasteiger partial charge in [0.25, 0.3) is 0 Å². The maximum atomic E-state index is 12.6. The quantitative estimate of drug-likeness (QED) is 0.802. The van der Waals surface area contributed by atoms with Crippen LogP contribution in [0.5, 0.6) is 0 Å². The van der Waals surface area contributed by atoms with Gasteiger partial charge >= 0.3 is 0 Å². The van der Waals surface area contributed by atoms with Crippen molar-refractivity contribution in [3.05, 3.63) is 18.0 Å². The zero-order valence-electron chi connectivity index (χ0n) is 12.9. The van der Waals surface area contributed by atoms with Crippen molar-refractivity contribution in [2.45, 2.75) is 45.7 Å². The molecular formula is C15H25N3O2. The van der Waals surface area contributed by atoms with Gasteiger partial charge in [-0.1, -0.05) is 6.42 Å². The molecule has 0 N–H and O–H groups in total. The van der Waals surface area contributed by atoms with Gasteiger partial charge in [0.15, 0.2) is 0 Å². The fourth-order valence-corrected chi connectivity index (χ4v) is 2.79. The van der Waals surface area contributed by atoms with Crippen LogP contribution in [0.1, 0.15) is 44.7 Å². The van der Waals surface area contributed by atoms with Crippen LogP contribution in [-0.4, -0.2) is 41.4 Å². The van der Waals surface area contributed by atoms with E-state index in [1.807, 2.05) is 24.1 Å². The van der Waals surface area contributed by atoms with Crippen LogP contribution in [0.15, 0.2) is 12.4 Å². The molecule has 0 atom stereocenters. The monoisotopic (exact) mass is 279 g/mol. The van der Waals surface area contributed by atoms with Crippen molar-refractivity contribution in [3.63, 3.8) is 0 Å². The lowest BCUT2D eigenvalue weighted by molar-refractivity contribution is -0.151. The van der Waals surface area contributed by atoms with Gasteiger partial charge in [0.2, 0.25) is 5.91 Å². The van der Waals surface area contributed by atoms with E-state index in [4.69, 9.17) is 4.74 Å². The van der Waals surface area contributed by atoms with Crippen molar-refractivity contribution >= 4 is 5.91 Å². The third-order valence-corrected chi connectivity index (χ3v) is 4.14. The van der Waals surface area contributed by atoms with E-state index in [1.54, 1.807) is 12.0 Å². The van der Waals surface area contributed by atoms with Gasteiger partial charge in [-0.05, 0) is 26.7 Å². The van der Waals surface area contributed by atoms with Gasteiger partial charge in [-0.15, -0.1) is 0 Å². The fourth-order valence-electron chi connectivity index (χ4n) is 2.79. The first kappa shape index (κ1) is 15.0. The first-order chi connectivity index (χ1) is 9.48. The van der Waals surface area contributed by atoms with E-state index in [0.717, 1.165) is 24.8 Å². The Hall–Kier alpha value is -1.36. The van der Waals surface area contributed by atoms with E-state index < -0.39 is 0 Å². The normalized spacial score (nSPS) is 17.1. The molecular weight excluding hydrogens is 254 g/mol. The largest absolute Gasteiger partial charge is 0.384 e. The number of hydrogen-bond acceptors (Lipinski definition) is 3. The molecule has 1 aromatic rings. The summed E-state index contributed by atoms with van der Waals surface area (Å²) < 4.78 is 7.16. The summed E-state index contributed by atoms with van der Waals surface area (Å²) in [5, 5.41) is 4.31. The van der Waals surface area contributed by atoms with Crippen LogP contribution in [0.2, 0.25) is 0 Å². The SMILES string of the molecule is COCC1(C(=O)N(C)Cc2cnn(C(C)C)c2)CCC1. The van der Waals surface area contributed by atoms with Crippen molar-refractivity contribution in [2.75, 3.05) is 20.8 Å². The van der Waals surface area contributed by atoms with Crippen LogP contribution in [-0.2, 0) is 16.1 Å². The average Bonchev–Trinajstić information content (AvgIpc) is 2.81. The molecule has 2 rings (SSSR count). The summed E-state index contributed by atoms with van der Waals surface area (Å²) in [6.45, 7) is 5.32. The second-order valence-corrected chi connectivity index (χ2v) is 6.15. The summed E-state index contributed by atoms with van der Waals surface area (Å²) in [4.78, 5) is 14.4. The number of hydrogen-bond donors (Lipinski definition) is 0. The zero-order chi connectivity index (χ0) is 14.8. The van der Waals surface area contributed by atoms with Gasteiger partial charge in [-0.2, -0.15) is 5.10 Å². The topological polar surface area (TPSA) is 47.4 Å². The Labute approximate surface area is 120 Å². The number of rotatable bonds is 6. The number of aromatic nitrogens is 2. The Balaban J connectivity index is 1.99. The molecule has 0 aliphatic heterocycles. The van der Waals surface area contributed by atoms with Gasteiger partial charge < -0.3 is 9.64 Å². The van der Waals surface area contributed by atoms with Crippen molar-refractivity contribution in [1.29, 1.82) is 0 Å². The third-order valence-electron chi connectivity index (χ3n) is 4.14. The lowest BCUT2D eigenvalue weighted by Gasteiger charge is -2.42. The van der Waals surface area contributed by atoms with Gasteiger partial charge in [0, 0.05) is 38.5 Å². The highest BCUT2D eigenvalue weighted by molar-refractivity contribution is 5.83. The molecule has 0 unspecified atom stereocenters. The van der Waals surface area contributed by atoms with Crippen LogP contribution in [0.25, 0.3) is 0 Å². The van der Waals surface area contributed by atoms with Gasteiger partial charge in [0.1, 0.15) is 0 Å². The minimum absolute atomic E-state index is 0.197. The van der Waals surface area contributed by atoms with Gasteiger partial charge in [-0.3, -0.25) is 9.48 Å². The number of amides is 1. The standard InChI is InChI=1S/C15H25N3O2/c1-12(2)18-10-13(8-16-18)9-17(3)14(19)15(11-20-4)6-5-7-15/h8,10,12H,5-7,9,11H2,1-4H3. The first-order valence-electron chi connectivity index (χ1n) is 7.26. The smallest absolute Gasteiger partial charge is 0.231 e. The number of nitrogens with zero attached hydrogens (tertiary/aromatic N) is 3. The number of ether oxygens (including phenoxy) is 1. The highest BCUT2D eigenvalue weighted by atomic mass is 16.5. The summed E-state index contributed by atoms with van der Waals surface area (Å²) in [5.41, 5.74) is 0.791. The molecule has 1 aliphatic carbocycles. The second kappa shape index (κ2) is 5.95. The molecule has 5 heteroatoms. The summed E-state index contributed by atoms with van der Waals surface area (Å²) in [7, 11) is 3.53. The molecule has 5 nitrogen and oxygen atoms in total. The maximum Gasteiger partial charge on any atom is 0.231 e. The van der Waals surface area contributed by atoms with E-state index in [2.05, 4.69) is 18.9 Å². The minimum Gasteiger partial charge on any atom is -0.384 e. The lowest BCUT2D eigenvalue weighted by Crippen LogP contribution is -2.48. The molecule has 0 spiro atoms. The Kier molecular flexibility index (Phi) is 4.48. The average molecular weight is 279 g/mol. The van der Waals surface area contributed by atoms with E-state index in [-0.39, 0.29) is 11.3 Å². The lowest BCUT2D eigenvalue weighted by atomic mass is 9.68. The Morgan fingerprint density at radius 2 is 2.25 bits per heavy atom. The second-order valence-electron chi connectivity index (χ2n) is 6.15. The summed E-state index contributed by atoms with van der Waals surface area (Å²) >= 11 is 0. The Morgan fingerprint density at radius 1 is 1.55 bits per heavy atom. The van der Waals surface area contributed by atoms with E-state index >= 15 is 0 Å². The van der Waals surface area contributed by atoms with Crippen LogP contribution >= 0.6 is 0 Å². The van der Waals surface area contributed by atoms with Crippen LogP contribution in [0.3, 0.4) is 0 Å². The van der Waals surface area contributed by atoms with E-state index in [0.29, 0.717) is 19.2 Å². The van der Waals surface area contributed by atoms with Crippen LogP contribution in [0.4, 0.5) is 0 Å². The molecule has 0 bridgehead atoms. The van der Waals surface area contributed by atoms with E-state index in [1.165, 1.54) is 0 Å². The molecule has 112 valence electrons. The molecule has 20 heavy (non-hydrogen) atoms. The zero-order valence-corrected chi connectivity index (χ0v) is 12.9. The Morgan fingerprint density at radius 3 is 2.70 bits per heavy atom. The maximum absolute atomic E-state index is 12.6. The molecule has 0 radical (unpaired) electrons. The summed E-state index contributed by atoms with van der Waals surface area (Å²) in [6.07, 6.45) is 6.85. The van der Waals surface area contributed by atoms with Crippen molar-refractivity contribution < 1.29 is 9.53 Å². The van der Waals surface area contributed by atoms with Gasteiger partial charge in [0.05, 0.1) is 18.2 Å². The first-order valence-corrected chi connectivity index (χ1v) is 7.26. The van der Waals surface area contributed by atoms with Crippen molar-refractivity contribution in [2.24, 2.45) is 5.41 Å². The predicted molar refractivity (Wildman–Crippen MR) is 77.2 cm³/mol. The number of carbonyl (C=O) groups excluding carboxylic acids is 1. The van der Waals surface area contributed by atoms with Crippen molar-refractivity contribution in [1.82, 2.24) is 14.7 Å². The summed E-state index contributed by atoms with van der Waals surface area (Å²) in [5.74, 6) is 0.197. The molecule has 1 amide bonds. The summed E-state index contributed by atoms with van der Waals surface area (Å²) in [6, 6.07) is 0.344. The highest BCUT2D eigenvalue weighted by Crippen LogP contribution is 2.42. The third kappa shape index (κ3) is 2.87.